The molecule has 1 heterocycles. The van der Waals surface area contributed by atoms with E-state index in [1.807, 2.05) is 20.8 Å². The van der Waals surface area contributed by atoms with Crippen molar-refractivity contribution in [1.29, 1.82) is 0 Å². The number of hydrogen-bond acceptors (Lipinski definition) is 4. The smallest absolute Gasteiger partial charge is 0.240 e. The van der Waals surface area contributed by atoms with E-state index < -0.39 is 6.04 Å². The summed E-state index contributed by atoms with van der Waals surface area (Å²) in [5, 5.41) is 14.4. The molecule has 0 bridgehead atoms. The molecule has 2 amide bonds. The molecule has 1 unspecified atom stereocenters. The van der Waals surface area contributed by atoms with Crippen molar-refractivity contribution in [2.45, 2.75) is 33.2 Å². The first-order valence-electron chi connectivity index (χ1n) is 6.52. The van der Waals surface area contributed by atoms with E-state index in [9.17, 15) is 14.7 Å². The van der Waals surface area contributed by atoms with E-state index in [1.165, 1.54) is 6.26 Å². The zero-order valence-electron chi connectivity index (χ0n) is 12.1. The van der Waals surface area contributed by atoms with Gasteiger partial charge in [0.2, 0.25) is 11.8 Å². The number of hydrogen-bond donors (Lipinski definition) is 3. The summed E-state index contributed by atoms with van der Waals surface area (Å²) in [6.07, 6.45) is 1.82. The Labute approximate surface area is 118 Å². The maximum Gasteiger partial charge on any atom is 0.240 e. The fourth-order valence-corrected chi connectivity index (χ4v) is 1.66. The Hall–Kier alpha value is -1.82. The molecule has 0 saturated carbocycles. The van der Waals surface area contributed by atoms with Crippen LogP contribution in [0.4, 0.5) is 0 Å². The molecular weight excluding hydrogens is 260 g/mol. The van der Waals surface area contributed by atoms with E-state index in [0.29, 0.717) is 12.2 Å². The Morgan fingerprint density at radius 1 is 1.35 bits per heavy atom. The summed E-state index contributed by atoms with van der Waals surface area (Å²) < 4.78 is 5.12. The van der Waals surface area contributed by atoms with Crippen LogP contribution in [0.2, 0.25) is 0 Å². The third kappa shape index (κ3) is 5.88. The molecule has 0 spiro atoms. The molecule has 0 fully saturated rings. The number of amides is 2. The van der Waals surface area contributed by atoms with Gasteiger partial charge in [-0.25, -0.2) is 0 Å². The van der Waals surface area contributed by atoms with Crippen molar-refractivity contribution in [3.8, 4) is 0 Å². The van der Waals surface area contributed by atoms with Crippen molar-refractivity contribution < 1.29 is 19.1 Å². The first-order valence-corrected chi connectivity index (χ1v) is 6.52. The largest absolute Gasteiger partial charge is 0.467 e. The Kier molecular flexibility index (Phi) is 5.76. The minimum absolute atomic E-state index is 0.119. The Balaban J connectivity index is 2.38. The topological polar surface area (TPSA) is 91.6 Å². The number of rotatable bonds is 6. The molecule has 0 saturated heterocycles. The first-order chi connectivity index (χ1) is 9.31. The summed E-state index contributed by atoms with van der Waals surface area (Å²) in [7, 11) is 0. The van der Waals surface area contributed by atoms with Gasteiger partial charge in [-0.2, -0.15) is 0 Å². The van der Waals surface area contributed by atoms with Crippen LogP contribution in [0.3, 0.4) is 0 Å². The van der Waals surface area contributed by atoms with E-state index >= 15 is 0 Å². The molecule has 6 heteroatoms. The van der Waals surface area contributed by atoms with Crippen LogP contribution < -0.4 is 10.6 Å². The lowest BCUT2D eigenvalue weighted by Crippen LogP contribution is -2.40. The summed E-state index contributed by atoms with van der Waals surface area (Å²) >= 11 is 0. The SMILES string of the molecule is CC(C)(C)CC(=O)NCC(=O)NC(CO)c1ccco1. The van der Waals surface area contributed by atoms with Crippen molar-refractivity contribution in [3.05, 3.63) is 24.2 Å². The lowest BCUT2D eigenvalue weighted by Gasteiger charge is -2.18. The third-order valence-electron chi connectivity index (χ3n) is 2.54. The number of carbonyl (C=O) groups excluding carboxylic acids is 2. The highest BCUT2D eigenvalue weighted by atomic mass is 16.3. The predicted octanol–water partition coefficient (Wildman–Crippen LogP) is 0.982. The van der Waals surface area contributed by atoms with Gasteiger partial charge in [-0.15, -0.1) is 0 Å². The number of aliphatic hydroxyl groups is 1. The molecule has 0 aromatic carbocycles. The molecule has 1 aromatic heterocycles. The zero-order valence-corrected chi connectivity index (χ0v) is 12.1. The van der Waals surface area contributed by atoms with Gasteiger partial charge in [-0.3, -0.25) is 9.59 Å². The van der Waals surface area contributed by atoms with E-state index in [2.05, 4.69) is 10.6 Å². The summed E-state index contributed by atoms with van der Waals surface area (Å²) in [6, 6.07) is 2.74. The average molecular weight is 282 g/mol. The highest BCUT2D eigenvalue weighted by Gasteiger charge is 2.18. The molecule has 112 valence electrons. The van der Waals surface area contributed by atoms with Crippen LogP contribution in [0.1, 0.15) is 39.0 Å². The Morgan fingerprint density at radius 2 is 2.05 bits per heavy atom. The van der Waals surface area contributed by atoms with Crippen molar-refractivity contribution in [2.75, 3.05) is 13.2 Å². The van der Waals surface area contributed by atoms with Gasteiger partial charge in [0.25, 0.3) is 0 Å². The molecule has 1 atom stereocenters. The highest BCUT2D eigenvalue weighted by Crippen LogP contribution is 2.17. The molecule has 20 heavy (non-hydrogen) atoms. The molecule has 1 rings (SSSR count). The second kappa shape index (κ2) is 7.09. The zero-order chi connectivity index (χ0) is 15.2. The number of furan rings is 1. The van der Waals surface area contributed by atoms with Crippen LogP contribution in [0.15, 0.2) is 22.8 Å². The van der Waals surface area contributed by atoms with Gasteiger partial charge in [-0.05, 0) is 17.5 Å². The fraction of sp³-hybridized carbons (Fsp3) is 0.571. The van der Waals surface area contributed by atoms with Gasteiger partial charge in [0, 0.05) is 6.42 Å². The fourth-order valence-electron chi connectivity index (χ4n) is 1.66. The molecule has 1 aromatic rings. The van der Waals surface area contributed by atoms with Crippen LogP contribution in [0.25, 0.3) is 0 Å². The van der Waals surface area contributed by atoms with E-state index in [-0.39, 0.29) is 30.4 Å². The number of nitrogens with one attached hydrogen (secondary N) is 2. The van der Waals surface area contributed by atoms with Crippen molar-refractivity contribution >= 4 is 11.8 Å². The molecule has 0 aliphatic rings. The Bertz CT molecular complexity index is 435. The lowest BCUT2D eigenvalue weighted by molar-refractivity contribution is -0.127. The molecule has 6 nitrogen and oxygen atoms in total. The van der Waals surface area contributed by atoms with Crippen LogP contribution in [-0.2, 0) is 9.59 Å². The van der Waals surface area contributed by atoms with Crippen molar-refractivity contribution in [2.24, 2.45) is 5.41 Å². The molecule has 0 aliphatic carbocycles. The first kappa shape index (κ1) is 16.2. The van der Waals surface area contributed by atoms with Crippen LogP contribution in [0, 0.1) is 5.41 Å². The van der Waals surface area contributed by atoms with Gasteiger partial charge in [-0.1, -0.05) is 20.8 Å². The summed E-state index contributed by atoms with van der Waals surface area (Å²) in [5.41, 5.74) is -0.123. The van der Waals surface area contributed by atoms with Gasteiger partial charge in [0.05, 0.1) is 19.4 Å². The molecule has 0 aliphatic heterocycles. The number of aliphatic hydroxyl groups excluding tert-OH is 1. The standard InChI is InChI=1S/C14H22N2O4/c1-14(2,3)7-12(18)15-8-13(19)16-10(9-17)11-5-4-6-20-11/h4-6,10,17H,7-9H2,1-3H3,(H,15,18)(H,16,19). The van der Waals surface area contributed by atoms with Gasteiger partial charge >= 0.3 is 0 Å². The van der Waals surface area contributed by atoms with Crippen LogP contribution in [-0.4, -0.2) is 30.1 Å². The minimum atomic E-state index is -0.600. The Morgan fingerprint density at radius 3 is 2.55 bits per heavy atom. The monoisotopic (exact) mass is 282 g/mol. The quantitative estimate of drug-likeness (QED) is 0.725. The minimum Gasteiger partial charge on any atom is -0.467 e. The van der Waals surface area contributed by atoms with Crippen LogP contribution in [0.5, 0.6) is 0 Å². The summed E-state index contributed by atoms with van der Waals surface area (Å²) in [4.78, 5) is 23.3. The maximum absolute atomic E-state index is 11.7. The van der Waals surface area contributed by atoms with E-state index in [1.54, 1.807) is 12.1 Å². The van der Waals surface area contributed by atoms with Crippen LogP contribution >= 0.6 is 0 Å². The second-order valence-electron chi connectivity index (χ2n) is 5.83. The van der Waals surface area contributed by atoms with Gasteiger partial charge in [0.15, 0.2) is 0 Å². The van der Waals surface area contributed by atoms with Crippen molar-refractivity contribution in [3.63, 3.8) is 0 Å². The predicted molar refractivity (Wildman–Crippen MR) is 73.8 cm³/mol. The van der Waals surface area contributed by atoms with Gasteiger partial charge in [0.1, 0.15) is 11.8 Å². The number of carbonyl (C=O) groups is 2. The van der Waals surface area contributed by atoms with E-state index in [0.717, 1.165) is 0 Å². The highest BCUT2D eigenvalue weighted by molar-refractivity contribution is 5.85. The summed E-state index contributed by atoms with van der Waals surface area (Å²) in [5.74, 6) is -0.0734. The van der Waals surface area contributed by atoms with Crippen molar-refractivity contribution in [1.82, 2.24) is 10.6 Å². The molecule has 0 radical (unpaired) electrons. The maximum atomic E-state index is 11.7. The lowest BCUT2D eigenvalue weighted by atomic mass is 9.92. The molecular formula is C14H22N2O4. The average Bonchev–Trinajstić information content (AvgIpc) is 2.85. The van der Waals surface area contributed by atoms with Gasteiger partial charge < -0.3 is 20.2 Å². The normalized spacial score (nSPS) is 12.8. The third-order valence-corrected chi connectivity index (χ3v) is 2.54. The van der Waals surface area contributed by atoms with E-state index in [4.69, 9.17) is 4.42 Å². The summed E-state index contributed by atoms with van der Waals surface area (Å²) in [6.45, 7) is 5.46. The second-order valence-corrected chi connectivity index (χ2v) is 5.83. The molecule has 3 N–H and O–H groups in total.